The molecule has 0 saturated carbocycles. The lowest BCUT2D eigenvalue weighted by atomic mass is 10.2. The second kappa shape index (κ2) is 5.59. The summed E-state index contributed by atoms with van der Waals surface area (Å²) in [7, 11) is 2.01. The Kier molecular flexibility index (Phi) is 3.82. The summed E-state index contributed by atoms with van der Waals surface area (Å²) in [6.45, 7) is 7.31. The second-order valence-corrected chi connectivity index (χ2v) is 6.03. The first-order valence-corrected chi connectivity index (χ1v) is 7.62. The van der Waals surface area contributed by atoms with Crippen LogP contribution in [0.1, 0.15) is 28.5 Å². The minimum Gasteiger partial charge on any atom is -0.368 e. The largest absolute Gasteiger partial charge is 0.368 e. The molecule has 1 fully saturated rings. The van der Waals surface area contributed by atoms with Gasteiger partial charge in [-0.15, -0.1) is 21.5 Å². The van der Waals surface area contributed by atoms with Gasteiger partial charge in [-0.05, 0) is 13.8 Å². The van der Waals surface area contributed by atoms with Gasteiger partial charge in [0.1, 0.15) is 22.8 Å². The Morgan fingerprint density at radius 1 is 1.40 bits per heavy atom. The van der Waals surface area contributed by atoms with Gasteiger partial charge in [-0.3, -0.25) is 4.90 Å². The van der Waals surface area contributed by atoms with Gasteiger partial charge in [0.25, 0.3) is 0 Å². The van der Waals surface area contributed by atoms with Gasteiger partial charge in [0, 0.05) is 31.2 Å². The third kappa shape index (κ3) is 2.74. The van der Waals surface area contributed by atoms with Crippen molar-refractivity contribution >= 4 is 11.3 Å². The van der Waals surface area contributed by atoms with E-state index < -0.39 is 0 Å². The monoisotopic (exact) mass is 293 g/mol. The fourth-order valence-corrected chi connectivity index (χ4v) is 3.14. The molecule has 0 radical (unpaired) electrons. The highest BCUT2D eigenvalue weighted by atomic mass is 32.1. The summed E-state index contributed by atoms with van der Waals surface area (Å²) < 4.78 is 7.88. The number of rotatable bonds is 3. The van der Waals surface area contributed by atoms with E-state index in [4.69, 9.17) is 4.74 Å². The van der Waals surface area contributed by atoms with E-state index in [2.05, 4.69) is 25.5 Å². The van der Waals surface area contributed by atoms with Gasteiger partial charge in [0.2, 0.25) is 0 Å². The SMILES string of the molecule is Cc1csc(C2CN(Cc3nnc(C)n3C)CCO2)n1. The van der Waals surface area contributed by atoms with Crippen LogP contribution in [0.4, 0.5) is 0 Å². The molecule has 3 rings (SSSR count). The summed E-state index contributed by atoms with van der Waals surface area (Å²) >= 11 is 1.68. The van der Waals surface area contributed by atoms with Gasteiger partial charge in [0.15, 0.2) is 0 Å². The molecule has 1 aliphatic heterocycles. The molecule has 0 amide bonds. The van der Waals surface area contributed by atoms with Crippen molar-refractivity contribution in [3.05, 3.63) is 27.7 Å². The molecule has 6 nitrogen and oxygen atoms in total. The number of thiazole rings is 1. The zero-order chi connectivity index (χ0) is 14.1. The Bertz CT molecular complexity index is 593. The van der Waals surface area contributed by atoms with E-state index in [9.17, 15) is 0 Å². The molecule has 1 unspecified atom stereocenters. The number of morpholine rings is 1. The smallest absolute Gasteiger partial charge is 0.146 e. The molecule has 108 valence electrons. The van der Waals surface area contributed by atoms with Crippen molar-refractivity contribution in [1.29, 1.82) is 0 Å². The van der Waals surface area contributed by atoms with Gasteiger partial charge >= 0.3 is 0 Å². The van der Waals surface area contributed by atoms with Crippen molar-refractivity contribution < 1.29 is 4.74 Å². The molecule has 3 heterocycles. The van der Waals surface area contributed by atoms with Crippen LogP contribution in [0, 0.1) is 13.8 Å². The molecular weight excluding hydrogens is 274 g/mol. The molecule has 1 atom stereocenters. The Balaban J connectivity index is 1.68. The molecule has 7 heteroatoms. The Morgan fingerprint density at radius 2 is 2.25 bits per heavy atom. The van der Waals surface area contributed by atoms with Crippen molar-refractivity contribution in [2.75, 3.05) is 19.7 Å². The van der Waals surface area contributed by atoms with Crippen molar-refractivity contribution in [3.63, 3.8) is 0 Å². The zero-order valence-electron chi connectivity index (χ0n) is 12.0. The number of hydrogen-bond acceptors (Lipinski definition) is 6. The van der Waals surface area contributed by atoms with Gasteiger partial charge in [-0.25, -0.2) is 4.98 Å². The molecule has 20 heavy (non-hydrogen) atoms. The van der Waals surface area contributed by atoms with E-state index >= 15 is 0 Å². The topological polar surface area (TPSA) is 56.1 Å². The molecule has 0 aromatic carbocycles. The van der Waals surface area contributed by atoms with E-state index in [1.165, 1.54) is 0 Å². The average Bonchev–Trinajstić information content (AvgIpc) is 3.00. The quantitative estimate of drug-likeness (QED) is 0.857. The molecule has 1 aliphatic rings. The Labute approximate surface area is 122 Å². The third-order valence-corrected chi connectivity index (χ3v) is 4.67. The maximum absolute atomic E-state index is 5.84. The summed E-state index contributed by atoms with van der Waals surface area (Å²) in [5, 5.41) is 11.5. The first kappa shape index (κ1) is 13.7. The minimum atomic E-state index is 0.0803. The van der Waals surface area contributed by atoms with Crippen LogP contribution in [-0.2, 0) is 18.3 Å². The standard InChI is InChI=1S/C13H19N5OS/c1-9-8-20-13(14-9)11-6-18(4-5-19-11)7-12-16-15-10(2)17(12)3/h8,11H,4-7H2,1-3H3. The Hall–Kier alpha value is -1.31. The number of hydrogen-bond donors (Lipinski definition) is 0. The molecular formula is C13H19N5OS. The molecule has 0 bridgehead atoms. The van der Waals surface area contributed by atoms with Crippen molar-refractivity contribution in [3.8, 4) is 0 Å². The highest BCUT2D eigenvalue weighted by Gasteiger charge is 2.25. The molecule has 0 aliphatic carbocycles. The van der Waals surface area contributed by atoms with Crippen LogP contribution >= 0.6 is 11.3 Å². The number of ether oxygens (including phenoxy) is 1. The van der Waals surface area contributed by atoms with Crippen LogP contribution in [0.25, 0.3) is 0 Å². The van der Waals surface area contributed by atoms with Crippen LogP contribution in [0.5, 0.6) is 0 Å². The summed E-state index contributed by atoms with van der Waals surface area (Å²) in [6, 6.07) is 0. The molecule has 0 spiro atoms. The van der Waals surface area contributed by atoms with E-state index in [1.807, 2.05) is 25.5 Å². The normalized spacial score (nSPS) is 20.4. The van der Waals surface area contributed by atoms with Crippen LogP contribution in [0.2, 0.25) is 0 Å². The minimum absolute atomic E-state index is 0.0803. The predicted molar refractivity (Wildman–Crippen MR) is 76.6 cm³/mol. The molecule has 0 N–H and O–H groups in total. The van der Waals surface area contributed by atoms with E-state index in [-0.39, 0.29) is 6.10 Å². The van der Waals surface area contributed by atoms with Gasteiger partial charge in [-0.1, -0.05) is 0 Å². The van der Waals surface area contributed by atoms with E-state index in [0.717, 1.165) is 48.6 Å². The maximum atomic E-state index is 5.84. The fourth-order valence-electron chi connectivity index (χ4n) is 2.30. The molecule has 2 aromatic rings. The summed E-state index contributed by atoms with van der Waals surface area (Å²) in [4.78, 5) is 6.89. The van der Waals surface area contributed by atoms with E-state index in [1.54, 1.807) is 11.3 Å². The number of aryl methyl sites for hydroxylation is 2. The second-order valence-electron chi connectivity index (χ2n) is 5.14. The lowest BCUT2D eigenvalue weighted by molar-refractivity contribution is -0.0340. The van der Waals surface area contributed by atoms with Crippen LogP contribution < -0.4 is 0 Å². The van der Waals surface area contributed by atoms with Gasteiger partial charge in [-0.2, -0.15) is 0 Å². The maximum Gasteiger partial charge on any atom is 0.146 e. The third-order valence-electron chi connectivity index (χ3n) is 3.61. The van der Waals surface area contributed by atoms with E-state index in [0.29, 0.717) is 0 Å². The average molecular weight is 293 g/mol. The first-order chi connectivity index (χ1) is 9.63. The Morgan fingerprint density at radius 3 is 2.90 bits per heavy atom. The number of nitrogens with zero attached hydrogens (tertiary/aromatic N) is 5. The first-order valence-electron chi connectivity index (χ1n) is 6.74. The zero-order valence-corrected chi connectivity index (χ0v) is 12.9. The number of aromatic nitrogens is 4. The molecule has 2 aromatic heterocycles. The highest BCUT2D eigenvalue weighted by Crippen LogP contribution is 2.25. The predicted octanol–water partition coefficient (Wildman–Crippen LogP) is 1.46. The lowest BCUT2D eigenvalue weighted by Gasteiger charge is -2.31. The van der Waals surface area contributed by atoms with Crippen LogP contribution in [0.3, 0.4) is 0 Å². The van der Waals surface area contributed by atoms with Crippen molar-refractivity contribution in [2.45, 2.75) is 26.5 Å². The fraction of sp³-hybridized carbons (Fsp3) is 0.615. The summed E-state index contributed by atoms with van der Waals surface area (Å²) in [6.07, 6.45) is 0.0803. The van der Waals surface area contributed by atoms with Crippen molar-refractivity contribution in [1.82, 2.24) is 24.6 Å². The van der Waals surface area contributed by atoms with Crippen LogP contribution in [0.15, 0.2) is 5.38 Å². The van der Waals surface area contributed by atoms with Gasteiger partial charge < -0.3 is 9.30 Å². The lowest BCUT2D eigenvalue weighted by Crippen LogP contribution is -2.38. The van der Waals surface area contributed by atoms with Gasteiger partial charge in [0.05, 0.1) is 13.2 Å². The van der Waals surface area contributed by atoms with Crippen LogP contribution in [-0.4, -0.2) is 44.3 Å². The highest BCUT2D eigenvalue weighted by molar-refractivity contribution is 7.09. The summed E-state index contributed by atoms with van der Waals surface area (Å²) in [5.74, 6) is 1.94. The summed E-state index contributed by atoms with van der Waals surface area (Å²) in [5.41, 5.74) is 1.06. The van der Waals surface area contributed by atoms with Crippen molar-refractivity contribution in [2.24, 2.45) is 7.05 Å². The molecule has 1 saturated heterocycles.